The normalized spacial score (nSPS) is 11.6. The monoisotopic (exact) mass is 351 g/mol. The van der Waals surface area contributed by atoms with E-state index in [0.29, 0.717) is 16.0 Å². The molecule has 0 aliphatic carbocycles. The number of aromatic nitrogens is 2. The van der Waals surface area contributed by atoms with E-state index in [-0.39, 0.29) is 5.91 Å². The smallest absolute Gasteiger partial charge is 0.321 e. The van der Waals surface area contributed by atoms with Crippen molar-refractivity contribution in [3.8, 4) is 0 Å². The maximum absolute atomic E-state index is 11.8. The van der Waals surface area contributed by atoms with Crippen LogP contribution in [0, 0.1) is 0 Å². The molecule has 1 aromatic heterocycles. The van der Waals surface area contributed by atoms with Gasteiger partial charge in [-0.3, -0.25) is 10.1 Å². The van der Waals surface area contributed by atoms with Crippen molar-refractivity contribution in [2.45, 2.75) is 23.1 Å². The number of hydrogen-bond donors (Lipinski definition) is 3. The van der Waals surface area contributed by atoms with E-state index < -0.39 is 11.3 Å². The fourth-order valence-electron chi connectivity index (χ4n) is 1.58. The Balaban J connectivity index is 1.84. The molecule has 3 amide bonds. The molecule has 0 saturated carbocycles. The van der Waals surface area contributed by atoms with Crippen molar-refractivity contribution in [1.82, 2.24) is 20.8 Å². The second-order valence-electron chi connectivity index (χ2n) is 4.54. The molecule has 0 unspecified atom stereocenters. The quantitative estimate of drug-likeness (QED) is 0.690. The fraction of sp³-hybridized carbons (Fsp3) is 0.286. The molecule has 3 N–H and O–H groups in total. The van der Waals surface area contributed by atoms with Crippen LogP contribution in [0.2, 0.25) is 0 Å². The minimum atomic E-state index is -0.523. The summed E-state index contributed by atoms with van der Waals surface area (Å²) in [6.07, 6.45) is 0. The lowest BCUT2D eigenvalue weighted by atomic mass is 10.2. The van der Waals surface area contributed by atoms with Crippen LogP contribution in [0.15, 0.2) is 34.7 Å². The summed E-state index contributed by atoms with van der Waals surface area (Å²) >= 11 is 2.63. The second-order valence-corrected chi connectivity index (χ2v) is 7.11. The van der Waals surface area contributed by atoms with Gasteiger partial charge in [0.25, 0.3) is 0 Å². The van der Waals surface area contributed by atoms with Crippen molar-refractivity contribution in [3.63, 3.8) is 0 Å². The molecule has 1 atom stereocenters. The molecule has 0 aliphatic rings. The van der Waals surface area contributed by atoms with Crippen LogP contribution in [-0.2, 0) is 11.3 Å². The van der Waals surface area contributed by atoms with Crippen LogP contribution < -0.4 is 16.0 Å². The van der Waals surface area contributed by atoms with E-state index in [9.17, 15) is 9.59 Å². The van der Waals surface area contributed by atoms with E-state index in [2.05, 4.69) is 26.1 Å². The number of amides is 3. The third-order valence-electron chi connectivity index (χ3n) is 2.80. The molecular formula is C14H17N5O2S2. The molecule has 0 fully saturated rings. The summed E-state index contributed by atoms with van der Waals surface area (Å²) in [5.74, 6) is -0.372. The average Bonchev–Trinajstić information content (AvgIpc) is 3.01. The number of anilines is 1. The molecule has 0 saturated heterocycles. The molecule has 1 heterocycles. The molecule has 0 aliphatic heterocycles. The SMILES string of the molecule is CNC(=O)NC(=O)[C@@H](C)Sc1nnc(NCc2ccccc2)s1. The Kier molecular flexibility index (Phi) is 6.36. The highest BCUT2D eigenvalue weighted by Gasteiger charge is 2.18. The van der Waals surface area contributed by atoms with Crippen molar-refractivity contribution in [3.05, 3.63) is 35.9 Å². The van der Waals surface area contributed by atoms with Crippen molar-refractivity contribution >= 4 is 40.2 Å². The predicted octanol–water partition coefficient (Wildman–Crippen LogP) is 2.09. The number of carbonyl (C=O) groups excluding carboxylic acids is 2. The van der Waals surface area contributed by atoms with Crippen molar-refractivity contribution < 1.29 is 9.59 Å². The van der Waals surface area contributed by atoms with Crippen LogP contribution in [0.4, 0.5) is 9.93 Å². The van der Waals surface area contributed by atoms with Crippen LogP contribution in [0.1, 0.15) is 12.5 Å². The van der Waals surface area contributed by atoms with Crippen LogP contribution in [-0.4, -0.2) is 34.4 Å². The van der Waals surface area contributed by atoms with Gasteiger partial charge in [-0.2, -0.15) is 0 Å². The third kappa shape index (κ3) is 5.53. The topological polar surface area (TPSA) is 96.0 Å². The lowest BCUT2D eigenvalue weighted by molar-refractivity contribution is -0.119. The minimum absolute atomic E-state index is 0.372. The summed E-state index contributed by atoms with van der Waals surface area (Å²) in [5.41, 5.74) is 1.15. The van der Waals surface area contributed by atoms with Gasteiger partial charge >= 0.3 is 6.03 Å². The number of rotatable bonds is 6. The van der Waals surface area contributed by atoms with Gasteiger partial charge in [-0.15, -0.1) is 10.2 Å². The standard InChI is InChI=1S/C14H17N5O2S2/c1-9(11(20)17-12(21)15-2)22-14-19-18-13(23-14)16-8-10-6-4-3-5-7-10/h3-7,9H,8H2,1-2H3,(H,16,18)(H2,15,17,20,21)/t9-/m1/s1. The summed E-state index contributed by atoms with van der Waals surface area (Å²) in [6.45, 7) is 2.37. The Morgan fingerprint density at radius 3 is 2.70 bits per heavy atom. The van der Waals surface area contributed by atoms with Gasteiger partial charge in [0, 0.05) is 13.6 Å². The Hall–Kier alpha value is -2.13. The van der Waals surface area contributed by atoms with Crippen molar-refractivity contribution in [2.24, 2.45) is 0 Å². The second kappa shape index (κ2) is 8.49. The molecule has 0 radical (unpaired) electrons. The van der Waals surface area contributed by atoms with E-state index in [0.717, 1.165) is 5.56 Å². The maximum atomic E-state index is 11.8. The number of benzene rings is 1. The highest BCUT2D eigenvalue weighted by molar-refractivity contribution is 8.02. The summed E-state index contributed by atoms with van der Waals surface area (Å²) < 4.78 is 0.667. The van der Waals surface area contributed by atoms with E-state index >= 15 is 0 Å². The largest absolute Gasteiger partial charge is 0.356 e. The van der Waals surface area contributed by atoms with Gasteiger partial charge in [0.15, 0.2) is 4.34 Å². The van der Waals surface area contributed by atoms with Crippen molar-refractivity contribution in [2.75, 3.05) is 12.4 Å². The summed E-state index contributed by atoms with van der Waals surface area (Å²) in [4.78, 5) is 22.9. The zero-order valence-electron chi connectivity index (χ0n) is 12.7. The number of nitrogens with one attached hydrogen (secondary N) is 3. The number of nitrogens with zero attached hydrogens (tertiary/aromatic N) is 2. The number of urea groups is 1. The first-order valence-electron chi connectivity index (χ1n) is 6.89. The van der Waals surface area contributed by atoms with Crippen LogP contribution >= 0.6 is 23.1 Å². The maximum Gasteiger partial charge on any atom is 0.321 e. The van der Waals surface area contributed by atoms with Gasteiger partial charge in [0.2, 0.25) is 11.0 Å². The molecule has 7 nitrogen and oxygen atoms in total. The van der Waals surface area contributed by atoms with Gasteiger partial charge in [0.1, 0.15) is 0 Å². The molecule has 122 valence electrons. The van der Waals surface area contributed by atoms with Gasteiger partial charge in [0.05, 0.1) is 5.25 Å². The fourth-order valence-corrected chi connectivity index (χ4v) is 3.47. The third-order valence-corrected chi connectivity index (χ3v) is 4.87. The van der Waals surface area contributed by atoms with Crippen molar-refractivity contribution in [1.29, 1.82) is 0 Å². The predicted molar refractivity (Wildman–Crippen MR) is 91.6 cm³/mol. The Bertz CT molecular complexity index is 662. The number of carbonyl (C=O) groups is 2. The minimum Gasteiger partial charge on any atom is -0.356 e. The van der Waals surface area contributed by atoms with Gasteiger partial charge < -0.3 is 10.6 Å². The first-order chi connectivity index (χ1) is 11.1. The summed E-state index contributed by atoms with van der Waals surface area (Å²) in [6, 6.07) is 9.44. The zero-order valence-corrected chi connectivity index (χ0v) is 14.3. The number of thioether (sulfide) groups is 1. The molecule has 1 aromatic carbocycles. The van der Waals surface area contributed by atoms with Gasteiger partial charge in [-0.05, 0) is 12.5 Å². The molecule has 9 heteroatoms. The van der Waals surface area contributed by atoms with E-state index in [4.69, 9.17) is 0 Å². The summed E-state index contributed by atoms with van der Waals surface area (Å²) in [5, 5.41) is 16.1. The van der Waals surface area contributed by atoms with Crippen LogP contribution in [0.25, 0.3) is 0 Å². The molecule has 2 rings (SSSR count). The Morgan fingerprint density at radius 2 is 2.00 bits per heavy atom. The highest BCUT2D eigenvalue weighted by Crippen LogP contribution is 2.29. The molecule has 0 bridgehead atoms. The van der Waals surface area contributed by atoms with E-state index in [1.807, 2.05) is 30.3 Å². The highest BCUT2D eigenvalue weighted by atomic mass is 32.2. The Labute approximate surface area is 142 Å². The lowest BCUT2D eigenvalue weighted by Crippen LogP contribution is -2.41. The van der Waals surface area contributed by atoms with Crippen LogP contribution in [0.5, 0.6) is 0 Å². The van der Waals surface area contributed by atoms with Crippen LogP contribution in [0.3, 0.4) is 0 Å². The molecule has 0 spiro atoms. The number of imide groups is 1. The average molecular weight is 351 g/mol. The van der Waals surface area contributed by atoms with E-state index in [1.165, 1.54) is 30.1 Å². The first kappa shape index (κ1) is 17.2. The first-order valence-corrected chi connectivity index (χ1v) is 8.58. The lowest BCUT2D eigenvalue weighted by Gasteiger charge is -2.08. The zero-order chi connectivity index (χ0) is 16.7. The number of hydrogen-bond acceptors (Lipinski definition) is 7. The van der Waals surface area contributed by atoms with Gasteiger partial charge in [-0.1, -0.05) is 53.4 Å². The molecule has 2 aromatic rings. The van der Waals surface area contributed by atoms with Gasteiger partial charge in [-0.25, -0.2) is 4.79 Å². The van der Waals surface area contributed by atoms with E-state index in [1.54, 1.807) is 6.92 Å². The summed E-state index contributed by atoms with van der Waals surface area (Å²) in [7, 11) is 1.45. The molecule has 23 heavy (non-hydrogen) atoms. The Morgan fingerprint density at radius 1 is 1.26 bits per heavy atom. The molecular weight excluding hydrogens is 334 g/mol.